The summed E-state index contributed by atoms with van der Waals surface area (Å²) in [5, 5.41) is 5.69. The molecule has 6 heteroatoms. The van der Waals surface area contributed by atoms with E-state index in [4.69, 9.17) is 0 Å². The molecule has 0 aliphatic carbocycles. The molecule has 2 heterocycles. The molecule has 2 fully saturated rings. The first kappa shape index (κ1) is 19.4. The predicted octanol–water partition coefficient (Wildman–Crippen LogP) is 2.34. The lowest BCUT2D eigenvalue weighted by atomic mass is 9.96. The summed E-state index contributed by atoms with van der Waals surface area (Å²) in [4.78, 5) is 39.1. The van der Waals surface area contributed by atoms with Crippen molar-refractivity contribution in [2.75, 3.05) is 18.0 Å². The fourth-order valence-electron chi connectivity index (χ4n) is 3.85. The minimum atomic E-state index is -0.489. The highest BCUT2D eigenvalue weighted by Gasteiger charge is 2.37. The van der Waals surface area contributed by atoms with Crippen molar-refractivity contribution in [2.24, 2.45) is 5.92 Å². The van der Waals surface area contributed by atoms with Gasteiger partial charge in [0.2, 0.25) is 17.7 Å². The Labute approximate surface area is 160 Å². The summed E-state index contributed by atoms with van der Waals surface area (Å²) in [5.41, 5.74) is 2.04. The number of para-hydroxylation sites is 1. The molecule has 146 valence electrons. The Kier molecular flexibility index (Phi) is 6.14. The molecule has 0 radical (unpaired) electrons. The number of amides is 3. The molecule has 0 saturated carbocycles. The minimum Gasteiger partial charge on any atom is -0.354 e. The van der Waals surface area contributed by atoms with Crippen LogP contribution in [-0.4, -0.2) is 36.9 Å². The van der Waals surface area contributed by atoms with E-state index in [0.29, 0.717) is 25.4 Å². The van der Waals surface area contributed by atoms with Crippen molar-refractivity contribution in [3.05, 3.63) is 29.8 Å². The number of hydrogen-bond donors (Lipinski definition) is 2. The van der Waals surface area contributed by atoms with Gasteiger partial charge in [0.25, 0.3) is 0 Å². The Bertz CT molecular complexity index is 718. The molecule has 1 aromatic rings. The molecule has 0 aromatic heterocycles. The van der Waals surface area contributed by atoms with E-state index in [-0.39, 0.29) is 24.1 Å². The normalized spacial score (nSPS) is 24.3. The molecule has 3 atom stereocenters. The van der Waals surface area contributed by atoms with Crippen molar-refractivity contribution >= 4 is 23.4 Å². The first-order valence-electron chi connectivity index (χ1n) is 9.98. The molecule has 2 saturated heterocycles. The zero-order valence-corrected chi connectivity index (χ0v) is 16.2. The maximum atomic E-state index is 12.7. The van der Waals surface area contributed by atoms with Gasteiger partial charge in [-0.1, -0.05) is 32.0 Å². The van der Waals surface area contributed by atoms with Crippen molar-refractivity contribution in [3.8, 4) is 0 Å². The maximum absolute atomic E-state index is 12.7. The third-order valence-electron chi connectivity index (χ3n) is 5.72. The summed E-state index contributed by atoms with van der Waals surface area (Å²) in [6.07, 6.45) is 3.66. The molecule has 6 nitrogen and oxygen atoms in total. The second-order valence-electron chi connectivity index (χ2n) is 7.62. The Morgan fingerprint density at radius 1 is 1.30 bits per heavy atom. The molecule has 27 heavy (non-hydrogen) atoms. The van der Waals surface area contributed by atoms with Crippen LogP contribution in [0.25, 0.3) is 0 Å². The molecule has 2 aliphatic rings. The molecular weight excluding hydrogens is 342 g/mol. The number of nitrogens with zero attached hydrogens (tertiary/aromatic N) is 1. The zero-order chi connectivity index (χ0) is 19.4. The third kappa shape index (κ3) is 4.31. The van der Waals surface area contributed by atoms with Crippen LogP contribution in [0.4, 0.5) is 5.69 Å². The summed E-state index contributed by atoms with van der Waals surface area (Å²) in [7, 11) is 0. The van der Waals surface area contributed by atoms with Crippen molar-refractivity contribution in [2.45, 2.75) is 57.9 Å². The number of carbonyl (C=O) groups is 3. The van der Waals surface area contributed by atoms with Crippen LogP contribution >= 0.6 is 0 Å². The van der Waals surface area contributed by atoms with Gasteiger partial charge in [-0.25, -0.2) is 0 Å². The minimum absolute atomic E-state index is 0.0313. The molecular formula is C21H29N3O3. The Balaban J connectivity index is 1.70. The highest BCUT2D eigenvalue weighted by Crippen LogP contribution is 2.33. The van der Waals surface area contributed by atoms with Crippen LogP contribution in [0.5, 0.6) is 0 Å². The lowest BCUT2D eigenvalue weighted by Crippen LogP contribution is -2.47. The standard InChI is InChI=1S/C21H29N3O3/c1-3-14(2)16-8-4-5-10-18(16)24-13-15(12-19(24)25)20(26)23-17-9-6-7-11-22-21(17)27/h4-5,8,10,14-15,17H,3,6-7,9,11-13H2,1-2H3,(H,22,27)(H,23,26)/t14-,15-,17+/m0/s1. The number of carbonyl (C=O) groups excluding carboxylic acids is 3. The Hall–Kier alpha value is -2.37. The fourth-order valence-corrected chi connectivity index (χ4v) is 3.85. The average molecular weight is 371 g/mol. The van der Waals surface area contributed by atoms with Gasteiger partial charge in [0.15, 0.2) is 0 Å². The fraction of sp³-hybridized carbons (Fsp3) is 0.571. The largest absolute Gasteiger partial charge is 0.354 e. The van der Waals surface area contributed by atoms with Crippen LogP contribution in [0.15, 0.2) is 24.3 Å². The smallest absolute Gasteiger partial charge is 0.242 e. The monoisotopic (exact) mass is 371 g/mol. The van der Waals surface area contributed by atoms with E-state index in [1.165, 1.54) is 0 Å². The summed E-state index contributed by atoms with van der Waals surface area (Å²) < 4.78 is 0. The first-order chi connectivity index (χ1) is 13.0. The van der Waals surface area contributed by atoms with Crippen LogP contribution in [-0.2, 0) is 14.4 Å². The van der Waals surface area contributed by atoms with E-state index in [1.54, 1.807) is 4.90 Å². The van der Waals surface area contributed by atoms with Gasteiger partial charge in [-0.3, -0.25) is 14.4 Å². The van der Waals surface area contributed by atoms with Crippen LogP contribution in [0, 0.1) is 5.92 Å². The van der Waals surface area contributed by atoms with Crippen LogP contribution in [0.2, 0.25) is 0 Å². The van der Waals surface area contributed by atoms with E-state index in [1.807, 2.05) is 18.2 Å². The zero-order valence-electron chi connectivity index (χ0n) is 16.2. The molecule has 0 spiro atoms. The topological polar surface area (TPSA) is 78.5 Å². The van der Waals surface area contributed by atoms with Gasteiger partial charge < -0.3 is 15.5 Å². The lowest BCUT2D eigenvalue weighted by Gasteiger charge is -2.23. The number of anilines is 1. The average Bonchev–Trinajstić information content (AvgIpc) is 2.96. The molecule has 2 N–H and O–H groups in total. The Morgan fingerprint density at radius 3 is 2.85 bits per heavy atom. The van der Waals surface area contributed by atoms with E-state index in [2.05, 4.69) is 30.5 Å². The third-order valence-corrected chi connectivity index (χ3v) is 5.72. The highest BCUT2D eigenvalue weighted by atomic mass is 16.2. The van der Waals surface area contributed by atoms with Crippen molar-refractivity contribution in [1.82, 2.24) is 10.6 Å². The van der Waals surface area contributed by atoms with Crippen LogP contribution < -0.4 is 15.5 Å². The number of hydrogen-bond acceptors (Lipinski definition) is 3. The van der Waals surface area contributed by atoms with Gasteiger partial charge in [0.05, 0.1) is 5.92 Å². The van der Waals surface area contributed by atoms with Crippen LogP contribution in [0.1, 0.15) is 57.4 Å². The SMILES string of the molecule is CC[C@H](C)c1ccccc1N1C[C@@H](C(=O)N[C@@H]2CCCCNC2=O)CC1=O. The second kappa shape index (κ2) is 8.55. The molecule has 3 amide bonds. The van der Waals surface area contributed by atoms with Gasteiger partial charge in [0.1, 0.15) is 6.04 Å². The van der Waals surface area contributed by atoms with Crippen LogP contribution in [0.3, 0.4) is 0 Å². The molecule has 0 bridgehead atoms. The van der Waals surface area contributed by atoms with Gasteiger partial charge in [0, 0.05) is 25.2 Å². The first-order valence-corrected chi connectivity index (χ1v) is 9.98. The lowest BCUT2D eigenvalue weighted by molar-refractivity contribution is -0.131. The van der Waals surface area contributed by atoms with Gasteiger partial charge in [-0.15, -0.1) is 0 Å². The summed E-state index contributed by atoms with van der Waals surface area (Å²) >= 11 is 0. The Morgan fingerprint density at radius 2 is 2.07 bits per heavy atom. The second-order valence-corrected chi connectivity index (χ2v) is 7.62. The summed E-state index contributed by atoms with van der Waals surface area (Å²) in [6, 6.07) is 7.44. The van der Waals surface area contributed by atoms with E-state index in [9.17, 15) is 14.4 Å². The van der Waals surface area contributed by atoms with Crippen molar-refractivity contribution in [3.63, 3.8) is 0 Å². The maximum Gasteiger partial charge on any atom is 0.242 e. The predicted molar refractivity (Wildman–Crippen MR) is 104 cm³/mol. The summed E-state index contributed by atoms with van der Waals surface area (Å²) in [6.45, 7) is 5.30. The number of rotatable bonds is 5. The van der Waals surface area contributed by atoms with Crippen molar-refractivity contribution < 1.29 is 14.4 Å². The quantitative estimate of drug-likeness (QED) is 0.834. The summed E-state index contributed by atoms with van der Waals surface area (Å²) in [5.74, 6) is -0.426. The molecule has 0 unspecified atom stereocenters. The van der Waals surface area contributed by atoms with Crippen molar-refractivity contribution in [1.29, 1.82) is 0 Å². The highest BCUT2D eigenvalue weighted by molar-refractivity contribution is 6.01. The van der Waals surface area contributed by atoms with E-state index >= 15 is 0 Å². The van der Waals surface area contributed by atoms with E-state index < -0.39 is 12.0 Å². The number of benzene rings is 1. The van der Waals surface area contributed by atoms with Gasteiger partial charge >= 0.3 is 0 Å². The van der Waals surface area contributed by atoms with E-state index in [0.717, 1.165) is 30.5 Å². The molecule has 1 aromatic carbocycles. The van der Waals surface area contributed by atoms with Gasteiger partial charge in [-0.05, 0) is 43.2 Å². The molecule has 3 rings (SSSR count). The van der Waals surface area contributed by atoms with Gasteiger partial charge in [-0.2, -0.15) is 0 Å². The number of nitrogens with one attached hydrogen (secondary N) is 2. The molecule has 2 aliphatic heterocycles.